The molecular weight excluding hydrogens is 390 g/mol. The average molecular weight is 410 g/mol. The van der Waals surface area contributed by atoms with Gasteiger partial charge in [0.2, 0.25) is 0 Å². The quantitative estimate of drug-likeness (QED) is 0.335. The lowest BCUT2D eigenvalue weighted by molar-refractivity contribution is 1.18. The minimum atomic E-state index is 0.677. The summed E-state index contributed by atoms with van der Waals surface area (Å²) in [5, 5.41) is 4.23. The van der Waals surface area contributed by atoms with E-state index in [1.54, 1.807) is 0 Å². The summed E-state index contributed by atoms with van der Waals surface area (Å²) in [6, 6.07) is 30.5. The molecule has 3 nitrogen and oxygen atoms in total. The van der Waals surface area contributed by atoms with Gasteiger partial charge < -0.3 is 5.32 Å². The molecule has 146 valence electrons. The van der Waals surface area contributed by atoms with Crippen molar-refractivity contribution in [2.24, 2.45) is 0 Å². The van der Waals surface area contributed by atoms with Crippen LogP contribution in [0, 0.1) is 6.92 Å². The first-order valence-electron chi connectivity index (χ1n) is 9.86. The van der Waals surface area contributed by atoms with Crippen LogP contribution in [0.4, 0.5) is 11.5 Å². The summed E-state index contributed by atoms with van der Waals surface area (Å²) in [6.45, 7) is 2.13. The lowest BCUT2D eigenvalue weighted by Gasteiger charge is -2.11. The maximum atomic E-state index is 6.53. The molecule has 0 radical (unpaired) electrons. The van der Waals surface area contributed by atoms with E-state index in [0.717, 1.165) is 34.0 Å². The summed E-state index contributed by atoms with van der Waals surface area (Å²) in [6.07, 6.45) is 2.14. The van der Waals surface area contributed by atoms with Crippen LogP contribution >= 0.6 is 11.6 Å². The van der Waals surface area contributed by atoms with Gasteiger partial charge in [0.15, 0.2) is 0 Å². The highest BCUT2D eigenvalue weighted by atomic mass is 35.5. The number of aryl methyl sites for hydroxylation is 1. The minimum Gasteiger partial charge on any atom is -0.339 e. The molecule has 30 heavy (non-hydrogen) atoms. The maximum absolute atomic E-state index is 6.53. The summed E-state index contributed by atoms with van der Waals surface area (Å²) in [4.78, 5) is 4.91. The molecule has 0 amide bonds. The van der Waals surface area contributed by atoms with Crippen LogP contribution < -0.4 is 5.32 Å². The number of hydrogen-bond donors (Lipinski definition) is 1. The van der Waals surface area contributed by atoms with E-state index in [1.807, 2.05) is 54.6 Å². The molecule has 5 aromatic rings. The predicted octanol–water partition coefficient (Wildman–Crippen LogP) is 7.37. The van der Waals surface area contributed by atoms with Crippen molar-refractivity contribution in [1.82, 2.24) is 9.38 Å². The number of anilines is 2. The normalized spacial score (nSPS) is 11.0. The topological polar surface area (TPSA) is 29.3 Å². The molecule has 0 fully saturated rings. The number of aromatic nitrogens is 2. The zero-order valence-corrected chi connectivity index (χ0v) is 17.3. The van der Waals surface area contributed by atoms with E-state index in [9.17, 15) is 0 Å². The molecule has 0 saturated heterocycles. The van der Waals surface area contributed by atoms with Gasteiger partial charge in [0.1, 0.15) is 17.2 Å². The molecule has 0 aliphatic rings. The van der Waals surface area contributed by atoms with Gasteiger partial charge >= 0.3 is 0 Å². The summed E-state index contributed by atoms with van der Waals surface area (Å²) in [5.41, 5.74) is 7.17. The van der Waals surface area contributed by atoms with Crippen molar-refractivity contribution in [1.29, 1.82) is 0 Å². The third-order valence-corrected chi connectivity index (χ3v) is 5.57. The molecule has 2 heterocycles. The number of nitrogens with zero attached hydrogens (tertiary/aromatic N) is 2. The molecule has 0 atom stereocenters. The van der Waals surface area contributed by atoms with Crippen LogP contribution in [0.25, 0.3) is 28.0 Å². The smallest absolute Gasteiger partial charge is 0.143 e. The molecule has 0 aliphatic heterocycles. The van der Waals surface area contributed by atoms with Gasteiger partial charge in [-0.25, -0.2) is 4.98 Å². The summed E-state index contributed by atoms with van der Waals surface area (Å²) < 4.78 is 2.10. The van der Waals surface area contributed by atoms with Gasteiger partial charge in [-0.1, -0.05) is 72.3 Å². The van der Waals surface area contributed by atoms with E-state index >= 15 is 0 Å². The second-order valence-electron chi connectivity index (χ2n) is 7.24. The number of rotatable bonds is 4. The fraction of sp³-hybridized carbons (Fsp3) is 0.0385. The molecule has 3 aromatic carbocycles. The highest BCUT2D eigenvalue weighted by Gasteiger charge is 2.17. The lowest BCUT2D eigenvalue weighted by atomic mass is 10.0. The Labute approximate surface area is 180 Å². The van der Waals surface area contributed by atoms with Crippen LogP contribution in [-0.2, 0) is 0 Å². The highest BCUT2D eigenvalue weighted by Crippen LogP contribution is 2.36. The van der Waals surface area contributed by atoms with E-state index < -0.39 is 0 Å². The van der Waals surface area contributed by atoms with Crippen molar-refractivity contribution in [3.8, 4) is 22.4 Å². The molecule has 2 aromatic heterocycles. The second-order valence-corrected chi connectivity index (χ2v) is 7.65. The fourth-order valence-electron chi connectivity index (χ4n) is 3.72. The number of hydrogen-bond acceptors (Lipinski definition) is 2. The summed E-state index contributed by atoms with van der Waals surface area (Å²) >= 11 is 6.53. The van der Waals surface area contributed by atoms with Crippen LogP contribution in [0.2, 0.25) is 5.02 Å². The fourth-order valence-corrected chi connectivity index (χ4v) is 3.94. The van der Waals surface area contributed by atoms with Crippen LogP contribution in [0.15, 0.2) is 97.2 Å². The summed E-state index contributed by atoms with van der Waals surface area (Å²) in [7, 11) is 0. The highest BCUT2D eigenvalue weighted by molar-refractivity contribution is 6.33. The largest absolute Gasteiger partial charge is 0.339 e. The van der Waals surface area contributed by atoms with E-state index in [1.165, 1.54) is 11.1 Å². The molecular formula is C26H20ClN3. The molecule has 0 unspecified atom stereocenters. The first kappa shape index (κ1) is 18.5. The first-order chi connectivity index (χ1) is 14.7. The van der Waals surface area contributed by atoms with Crippen LogP contribution in [0.1, 0.15) is 5.56 Å². The lowest BCUT2D eigenvalue weighted by Crippen LogP contribution is -1.97. The van der Waals surface area contributed by atoms with Crippen molar-refractivity contribution >= 4 is 28.8 Å². The Balaban J connectivity index is 1.74. The van der Waals surface area contributed by atoms with Gasteiger partial charge in [-0.15, -0.1) is 0 Å². The van der Waals surface area contributed by atoms with Gasteiger partial charge in [-0.05, 0) is 53.9 Å². The molecule has 0 aliphatic carbocycles. The molecule has 0 saturated carbocycles. The van der Waals surface area contributed by atoms with Crippen molar-refractivity contribution in [3.05, 3.63) is 108 Å². The Bertz CT molecular complexity index is 1340. The number of nitrogens with one attached hydrogen (secondary N) is 1. The van der Waals surface area contributed by atoms with E-state index in [4.69, 9.17) is 16.6 Å². The number of fused-ring (bicyclic) bond motifs is 1. The number of para-hydroxylation sites is 1. The van der Waals surface area contributed by atoms with E-state index in [-0.39, 0.29) is 0 Å². The average Bonchev–Trinajstić information content (AvgIpc) is 3.12. The third kappa shape index (κ3) is 3.34. The van der Waals surface area contributed by atoms with Gasteiger partial charge in [0, 0.05) is 17.4 Å². The Morgan fingerprint density at radius 3 is 2.23 bits per heavy atom. The SMILES string of the molecule is Cc1ccccc1-c1ccc2nc(-c3ccccc3Cl)c(Nc3ccccc3)n2c1. The molecule has 5 rings (SSSR count). The molecule has 4 heteroatoms. The van der Waals surface area contributed by atoms with Crippen molar-refractivity contribution in [2.75, 3.05) is 5.32 Å². The Morgan fingerprint density at radius 1 is 0.767 bits per heavy atom. The van der Waals surface area contributed by atoms with Crippen molar-refractivity contribution < 1.29 is 0 Å². The maximum Gasteiger partial charge on any atom is 0.143 e. The van der Waals surface area contributed by atoms with Gasteiger partial charge in [-0.3, -0.25) is 4.40 Å². The van der Waals surface area contributed by atoms with Crippen LogP contribution in [0.3, 0.4) is 0 Å². The van der Waals surface area contributed by atoms with Gasteiger partial charge in [0.25, 0.3) is 0 Å². The predicted molar refractivity (Wildman–Crippen MR) is 126 cm³/mol. The van der Waals surface area contributed by atoms with Crippen molar-refractivity contribution in [2.45, 2.75) is 6.92 Å². The zero-order valence-electron chi connectivity index (χ0n) is 16.5. The monoisotopic (exact) mass is 409 g/mol. The molecule has 0 bridgehead atoms. The van der Waals surface area contributed by atoms with Crippen LogP contribution in [-0.4, -0.2) is 9.38 Å². The summed E-state index contributed by atoms with van der Waals surface area (Å²) in [5.74, 6) is 0.889. The Kier molecular flexibility index (Phi) is 4.74. The third-order valence-electron chi connectivity index (χ3n) is 5.24. The van der Waals surface area contributed by atoms with E-state index in [0.29, 0.717) is 5.02 Å². The number of halogens is 1. The second kappa shape index (κ2) is 7.69. The van der Waals surface area contributed by atoms with Gasteiger partial charge in [-0.2, -0.15) is 0 Å². The van der Waals surface area contributed by atoms with E-state index in [2.05, 4.69) is 59.2 Å². The van der Waals surface area contributed by atoms with Crippen LogP contribution in [0.5, 0.6) is 0 Å². The molecule has 1 N–H and O–H groups in total. The number of imidazole rings is 1. The Morgan fingerprint density at radius 2 is 1.47 bits per heavy atom. The minimum absolute atomic E-state index is 0.677. The van der Waals surface area contributed by atoms with Gasteiger partial charge in [0.05, 0.1) is 5.02 Å². The first-order valence-corrected chi connectivity index (χ1v) is 10.2. The molecule has 0 spiro atoms. The standard InChI is InChI=1S/C26H20ClN3/c1-18-9-5-6-12-21(18)19-15-16-24-29-25(22-13-7-8-14-23(22)27)26(30(24)17-19)28-20-10-3-2-4-11-20/h2-17,28H,1H3. The number of benzene rings is 3. The van der Waals surface area contributed by atoms with Crippen molar-refractivity contribution in [3.63, 3.8) is 0 Å². The zero-order chi connectivity index (χ0) is 20.5. The number of pyridine rings is 1. The Hall–Kier alpha value is -3.56.